The maximum Gasteiger partial charge on any atom is 0.334 e. The van der Waals surface area contributed by atoms with Gasteiger partial charge in [0.05, 0.1) is 7.11 Å². The van der Waals surface area contributed by atoms with Gasteiger partial charge in [0.1, 0.15) is 0 Å². The van der Waals surface area contributed by atoms with Gasteiger partial charge < -0.3 is 9.64 Å². The minimum Gasteiger partial charge on any atom is -0.466 e. The molecule has 0 aromatic rings. The molecular formula is C9H17NO2S. The van der Waals surface area contributed by atoms with E-state index in [2.05, 4.69) is 17.4 Å². The Labute approximate surface area is 85.2 Å². The summed E-state index contributed by atoms with van der Waals surface area (Å²) in [5.41, 5.74) is 0.562. The molecule has 4 heteroatoms. The van der Waals surface area contributed by atoms with E-state index in [-0.39, 0.29) is 12.0 Å². The number of thiol groups is 1. The molecule has 0 amide bonds. The van der Waals surface area contributed by atoms with Crippen LogP contribution in [0.3, 0.4) is 0 Å². The van der Waals surface area contributed by atoms with Crippen LogP contribution in [0.5, 0.6) is 0 Å². The number of rotatable bonds is 3. The quantitative estimate of drug-likeness (QED) is 0.426. The first-order chi connectivity index (χ1) is 5.91. The van der Waals surface area contributed by atoms with Crippen LogP contribution in [-0.2, 0) is 9.53 Å². The van der Waals surface area contributed by atoms with Crippen LogP contribution in [0.25, 0.3) is 0 Å². The summed E-state index contributed by atoms with van der Waals surface area (Å²) in [5, 5.41) is 0. The van der Waals surface area contributed by atoms with Gasteiger partial charge >= 0.3 is 5.97 Å². The molecule has 0 aliphatic rings. The molecule has 0 saturated heterocycles. The van der Waals surface area contributed by atoms with Crippen molar-refractivity contribution in [2.75, 3.05) is 21.2 Å². The molecule has 0 N–H and O–H groups in total. The topological polar surface area (TPSA) is 29.5 Å². The molecule has 0 spiro atoms. The lowest BCUT2D eigenvalue weighted by Crippen LogP contribution is -2.26. The predicted molar refractivity (Wildman–Crippen MR) is 56.9 cm³/mol. The summed E-state index contributed by atoms with van der Waals surface area (Å²) < 4.78 is 4.60. The van der Waals surface area contributed by atoms with Gasteiger partial charge in [0, 0.05) is 16.5 Å². The van der Waals surface area contributed by atoms with Crippen molar-refractivity contribution in [3.63, 3.8) is 0 Å². The van der Waals surface area contributed by atoms with Gasteiger partial charge in [-0.1, -0.05) is 0 Å². The molecule has 0 radical (unpaired) electrons. The molecule has 0 heterocycles. The largest absolute Gasteiger partial charge is 0.466 e. The molecule has 0 aromatic heterocycles. The highest BCUT2D eigenvalue weighted by atomic mass is 32.1. The fourth-order valence-corrected chi connectivity index (χ4v) is 1.14. The second-order valence-corrected chi connectivity index (χ2v) is 3.62. The van der Waals surface area contributed by atoms with Crippen LogP contribution < -0.4 is 0 Å². The Kier molecular flexibility index (Phi) is 5.10. The zero-order valence-corrected chi connectivity index (χ0v) is 9.68. The van der Waals surface area contributed by atoms with Gasteiger partial charge in [0.2, 0.25) is 0 Å². The molecule has 1 atom stereocenters. The van der Waals surface area contributed by atoms with E-state index in [4.69, 9.17) is 0 Å². The number of likely N-dealkylation sites (N-methyl/N-ethyl adjacent to an activating group) is 1. The van der Waals surface area contributed by atoms with E-state index >= 15 is 0 Å². The minimum absolute atomic E-state index is 0.127. The lowest BCUT2D eigenvalue weighted by atomic mass is 10.2. The Morgan fingerprint density at radius 2 is 1.92 bits per heavy atom. The van der Waals surface area contributed by atoms with Crippen LogP contribution in [0.1, 0.15) is 13.8 Å². The second kappa shape index (κ2) is 5.29. The van der Waals surface area contributed by atoms with Crippen LogP contribution in [0.15, 0.2) is 10.5 Å². The van der Waals surface area contributed by atoms with E-state index in [0.717, 1.165) is 4.91 Å². The van der Waals surface area contributed by atoms with E-state index in [0.29, 0.717) is 5.57 Å². The lowest BCUT2D eigenvalue weighted by Gasteiger charge is -2.21. The van der Waals surface area contributed by atoms with Gasteiger partial charge in [-0.05, 0) is 27.9 Å². The van der Waals surface area contributed by atoms with E-state index in [1.807, 2.05) is 25.9 Å². The predicted octanol–water partition coefficient (Wildman–Crippen LogP) is 1.31. The maximum atomic E-state index is 11.1. The van der Waals surface area contributed by atoms with Gasteiger partial charge in [-0.25, -0.2) is 4.79 Å². The number of nitrogens with zero attached hydrogens (tertiary/aromatic N) is 1. The van der Waals surface area contributed by atoms with E-state index < -0.39 is 0 Å². The zero-order chi connectivity index (χ0) is 10.6. The Bertz CT molecular complexity index is 224. The Morgan fingerprint density at radius 3 is 2.23 bits per heavy atom. The maximum absolute atomic E-state index is 11.1. The van der Waals surface area contributed by atoms with E-state index in [1.54, 1.807) is 6.92 Å². The number of carbonyl (C=O) groups is 1. The first-order valence-corrected chi connectivity index (χ1v) is 4.51. The monoisotopic (exact) mass is 203 g/mol. The van der Waals surface area contributed by atoms with Crippen LogP contribution in [0.2, 0.25) is 0 Å². The number of hydrogen-bond donors (Lipinski definition) is 1. The van der Waals surface area contributed by atoms with Crippen molar-refractivity contribution in [3.8, 4) is 0 Å². The molecule has 13 heavy (non-hydrogen) atoms. The second-order valence-electron chi connectivity index (χ2n) is 3.14. The van der Waals surface area contributed by atoms with Crippen molar-refractivity contribution in [2.45, 2.75) is 19.9 Å². The minimum atomic E-state index is -0.321. The third kappa shape index (κ3) is 3.40. The SMILES string of the molecule is COC(=O)/C(C)=C(/S)C(C)N(C)C. The van der Waals surface area contributed by atoms with Crippen molar-refractivity contribution in [1.82, 2.24) is 4.90 Å². The highest BCUT2D eigenvalue weighted by molar-refractivity contribution is 7.84. The first-order valence-electron chi connectivity index (χ1n) is 4.06. The molecule has 0 aliphatic heterocycles. The number of esters is 1. The third-order valence-corrected chi connectivity index (χ3v) is 2.76. The van der Waals surface area contributed by atoms with Gasteiger partial charge in [-0.3, -0.25) is 0 Å². The summed E-state index contributed by atoms with van der Waals surface area (Å²) in [4.78, 5) is 13.9. The van der Waals surface area contributed by atoms with Crippen LogP contribution in [0, 0.1) is 0 Å². The molecular weight excluding hydrogens is 186 g/mol. The lowest BCUT2D eigenvalue weighted by molar-refractivity contribution is -0.136. The highest BCUT2D eigenvalue weighted by Gasteiger charge is 2.15. The molecule has 0 bridgehead atoms. The summed E-state index contributed by atoms with van der Waals surface area (Å²) >= 11 is 4.29. The normalized spacial score (nSPS) is 15.3. The first kappa shape index (κ1) is 12.5. The van der Waals surface area contributed by atoms with Gasteiger partial charge in [-0.2, -0.15) is 0 Å². The van der Waals surface area contributed by atoms with E-state index in [1.165, 1.54) is 7.11 Å². The Balaban J connectivity index is 4.70. The average molecular weight is 203 g/mol. The summed E-state index contributed by atoms with van der Waals surface area (Å²) in [6.45, 7) is 3.70. The van der Waals surface area contributed by atoms with Gasteiger partial charge in [0.15, 0.2) is 0 Å². The van der Waals surface area contributed by atoms with Crippen LogP contribution >= 0.6 is 12.6 Å². The van der Waals surface area contributed by atoms with Gasteiger partial charge in [0.25, 0.3) is 0 Å². The fraction of sp³-hybridized carbons (Fsp3) is 0.667. The summed E-state index contributed by atoms with van der Waals surface area (Å²) in [5.74, 6) is -0.321. The molecule has 3 nitrogen and oxygen atoms in total. The molecule has 0 saturated carbocycles. The van der Waals surface area contributed by atoms with Crippen molar-refractivity contribution in [2.24, 2.45) is 0 Å². The summed E-state index contributed by atoms with van der Waals surface area (Å²) in [6.07, 6.45) is 0. The fourth-order valence-electron chi connectivity index (χ4n) is 0.816. The molecule has 0 aromatic carbocycles. The molecule has 0 rings (SSSR count). The van der Waals surface area contributed by atoms with Crippen LogP contribution in [-0.4, -0.2) is 38.1 Å². The van der Waals surface area contributed by atoms with Crippen LogP contribution in [0.4, 0.5) is 0 Å². The number of carbonyl (C=O) groups excluding carboxylic acids is 1. The zero-order valence-electron chi connectivity index (χ0n) is 8.79. The van der Waals surface area contributed by atoms with Crippen molar-refractivity contribution in [1.29, 1.82) is 0 Å². The Morgan fingerprint density at radius 1 is 1.46 bits per heavy atom. The van der Waals surface area contributed by atoms with Crippen molar-refractivity contribution < 1.29 is 9.53 Å². The average Bonchev–Trinajstić information content (AvgIpc) is 2.12. The number of methoxy groups -OCH3 is 1. The molecule has 1 unspecified atom stereocenters. The highest BCUT2D eigenvalue weighted by Crippen LogP contribution is 2.17. The molecule has 0 aliphatic carbocycles. The Hall–Kier alpha value is -0.480. The standard InChI is InChI=1S/C9H17NO2S/c1-6(9(11)12-5)8(13)7(2)10(3)4/h7,13H,1-5H3/b8-6+. The summed E-state index contributed by atoms with van der Waals surface area (Å²) in [7, 11) is 5.24. The van der Waals surface area contributed by atoms with Crippen molar-refractivity contribution >= 4 is 18.6 Å². The molecule has 0 fully saturated rings. The van der Waals surface area contributed by atoms with Crippen molar-refractivity contribution in [3.05, 3.63) is 10.5 Å². The number of ether oxygens (including phenoxy) is 1. The smallest absolute Gasteiger partial charge is 0.334 e. The summed E-state index contributed by atoms with van der Waals surface area (Å²) in [6, 6.07) is 0.127. The third-order valence-electron chi connectivity index (χ3n) is 2.05. The number of hydrogen-bond acceptors (Lipinski definition) is 4. The van der Waals surface area contributed by atoms with Gasteiger partial charge in [-0.15, -0.1) is 12.6 Å². The molecule has 76 valence electrons. The van der Waals surface area contributed by atoms with E-state index in [9.17, 15) is 4.79 Å².